The van der Waals surface area contributed by atoms with Crippen molar-refractivity contribution in [3.63, 3.8) is 0 Å². The minimum absolute atomic E-state index is 0.0360. The molecule has 1 unspecified atom stereocenters. The number of aromatic nitrogens is 2. The molecule has 0 spiro atoms. The number of carbonyl (C=O) groups is 2. The van der Waals surface area contributed by atoms with Crippen molar-refractivity contribution in [2.75, 3.05) is 4.90 Å². The van der Waals surface area contributed by atoms with Crippen molar-refractivity contribution < 1.29 is 9.59 Å². The molecule has 1 N–H and O–H groups in total. The van der Waals surface area contributed by atoms with E-state index in [-0.39, 0.29) is 11.8 Å². The summed E-state index contributed by atoms with van der Waals surface area (Å²) in [4.78, 5) is 27.3. The van der Waals surface area contributed by atoms with Gasteiger partial charge in [0.25, 0.3) is 0 Å². The number of hydrogen-bond acceptors (Lipinski definition) is 4. The van der Waals surface area contributed by atoms with Crippen LogP contribution in [0.1, 0.15) is 23.9 Å². The molecule has 1 atom stereocenters. The zero-order valence-electron chi connectivity index (χ0n) is 12.6. The predicted octanol–water partition coefficient (Wildman–Crippen LogP) is 1.69. The highest BCUT2D eigenvalue weighted by molar-refractivity contribution is 7.09. The second kappa shape index (κ2) is 5.92. The Balaban J connectivity index is 1.74. The van der Waals surface area contributed by atoms with Crippen LogP contribution in [0.5, 0.6) is 0 Å². The van der Waals surface area contributed by atoms with Gasteiger partial charge in [-0.1, -0.05) is 6.07 Å². The quantitative estimate of drug-likeness (QED) is 0.933. The van der Waals surface area contributed by atoms with Crippen LogP contribution in [0.4, 0.5) is 5.82 Å². The Hall–Kier alpha value is -2.15. The second-order valence-electron chi connectivity index (χ2n) is 5.35. The first-order chi connectivity index (χ1) is 10.6. The normalized spacial score (nSPS) is 15.5. The van der Waals surface area contributed by atoms with E-state index in [1.54, 1.807) is 27.8 Å². The molecule has 0 aliphatic carbocycles. The molecule has 0 bridgehead atoms. The summed E-state index contributed by atoms with van der Waals surface area (Å²) < 4.78 is 1.79. The van der Waals surface area contributed by atoms with Crippen LogP contribution in [0.25, 0.3) is 0 Å². The first-order valence-corrected chi connectivity index (χ1v) is 8.11. The number of nitrogens with one attached hydrogen (secondary N) is 1. The molecule has 6 nitrogen and oxygen atoms in total. The minimum Gasteiger partial charge on any atom is -0.349 e. The van der Waals surface area contributed by atoms with Crippen molar-refractivity contribution in [1.29, 1.82) is 0 Å². The Morgan fingerprint density at radius 2 is 2.36 bits per heavy atom. The zero-order chi connectivity index (χ0) is 15.7. The van der Waals surface area contributed by atoms with E-state index in [9.17, 15) is 9.59 Å². The number of fused-ring (bicyclic) bond motifs is 1. The summed E-state index contributed by atoms with van der Waals surface area (Å²) in [5.74, 6) is 0.507. The van der Waals surface area contributed by atoms with Gasteiger partial charge in [-0.3, -0.25) is 14.5 Å². The van der Waals surface area contributed by atoms with Crippen LogP contribution < -0.4 is 10.2 Å². The summed E-state index contributed by atoms with van der Waals surface area (Å²) in [6, 6.07) is 5.22. The molecule has 2 aromatic rings. The van der Waals surface area contributed by atoms with Crippen LogP contribution in [0, 0.1) is 6.92 Å². The van der Waals surface area contributed by atoms with E-state index in [0.717, 1.165) is 10.6 Å². The maximum absolute atomic E-state index is 12.4. The first kappa shape index (κ1) is 14.8. The van der Waals surface area contributed by atoms with Gasteiger partial charge in [-0.05, 0) is 25.3 Å². The van der Waals surface area contributed by atoms with Crippen molar-refractivity contribution in [3.05, 3.63) is 34.2 Å². The molecule has 7 heteroatoms. The number of amides is 2. The van der Waals surface area contributed by atoms with Gasteiger partial charge in [-0.25, -0.2) is 4.68 Å². The number of anilines is 1. The second-order valence-corrected chi connectivity index (χ2v) is 6.39. The molecule has 2 aromatic heterocycles. The van der Waals surface area contributed by atoms with Gasteiger partial charge in [0.05, 0.1) is 18.8 Å². The molecule has 116 valence electrons. The van der Waals surface area contributed by atoms with Crippen molar-refractivity contribution in [1.82, 2.24) is 15.1 Å². The molecule has 0 aromatic carbocycles. The van der Waals surface area contributed by atoms with Gasteiger partial charge >= 0.3 is 0 Å². The number of nitrogens with zero attached hydrogens (tertiary/aromatic N) is 3. The highest BCUT2D eigenvalue weighted by atomic mass is 32.1. The van der Waals surface area contributed by atoms with Crippen molar-refractivity contribution in [3.8, 4) is 0 Å². The summed E-state index contributed by atoms with van der Waals surface area (Å²) in [6.45, 7) is 4.69. The van der Waals surface area contributed by atoms with Crippen LogP contribution >= 0.6 is 11.3 Å². The number of thiophene rings is 1. The zero-order valence-corrected chi connectivity index (χ0v) is 13.4. The Bertz CT molecular complexity index is 692. The summed E-state index contributed by atoms with van der Waals surface area (Å²) in [7, 11) is 0. The van der Waals surface area contributed by atoms with Gasteiger partial charge in [0.2, 0.25) is 11.8 Å². The van der Waals surface area contributed by atoms with Gasteiger partial charge < -0.3 is 5.32 Å². The van der Waals surface area contributed by atoms with E-state index in [1.807, 2.05) is 30.5 Å². The third-order valence-electron chi connectivity index (χ3n) is 3.72. The summed E-state index contributed by atoms with van der Waals surface area (Å²) in [5.41, 5.74) is 0.848. The van der Waals surface area contributed by atoms with E-state index >= 15 is 0 Å². The Morgan fingerprint density at radius 3 is 3.09 bits per heavy atom. The SMILES string of the molecule is Cc1cc2n(n1)CCC(=O)N2C(C)C(=O)NCc1cccs1. The van der Waals surface area contributed by atoms with Crippen molar-refractivity contribution >= 4 is 29.0 Å². The topological polar surface area (TPSA) is 67.2 Å². The minimum atomic E-state index is -0.553. The number of aryl methyl sites for hydroxylation is 2. The third kappa shape index (κ3) is 2.76. The molecule has 1 aliphatic heterocycles. The van der Waals surface area contributed by atoms with Gasteiger partial charge in [-0.2, -0.15) is 5.10 Å². The van der Waals surface area contributed by atoms with Crippen LogP contribution in [-0.4, -0.2) is 27.6 Å². The summed E-state index contributed by atoms with van der Waals surface area (Å²) in [6.07, 6.45) is 0.372. The molecule has 3 rings (SSSR count). The molecular formula is C15H18N4O2S. The van der Waals surface area contributed by atoms with Gasteiger partial charge in [0.1, 0.15) is 11.9 Å². The highest BCUT2D eigenvalue weighted by Crippen LogP contribution is 2.24. The number of hydrogen-bond donors (Lipinski definition) is 1. The Kier molecular flexibility index (Phi) is 3.98. The molecule has 0 saturated carbocycles. The third-order valence-corrected chi connectivity index (χ3v) is 4.59. The van der Waals surface area contributed by atoms with E-state index in [2.05, 4.69) is 10.4 Å². The average Bonchev–Trinajstić information content (AvgIpc) is 3.12. The smallest absolute Gasteiger partial charge is 0.243 e. The maximum atomic E-state index is 12.4. The fourth-order valence-corrected chi connectivity index (χ4v) is 3.25. The van der Waals surface area contributed by atoms with E-state index in [1.165, 1.54) is 0 Å². The molecule has 3 heterocycles. The average molecular weight is 318 g/mol. The molecule has 22 heavy (non-hydrogen) atoms. The maximum Gasteiger partial charge on any atom is 0.243 e. The lowest BCUT2D eigenvalue weighted by Gasteiger charge is -2.31. The van der Waals surface area contributed by atoms with Crippen LogP contribution in [0.15, 0.2) is 23.6 Å². The lowest BCUT2D eigenvalue weighted by Crippen LogP contribution is -2.50. The largest absolute Gasteiger partial charge is 0.349 e. The summed E-state index contributed by atoms with van der Waals surface area (Å²) >= 11 is 1.60. The molecule has 0 fully saturated rings. The Morgan fingerprint density at radius 1 is 1.55 bits per heavy atom. The monoisotopic (exact) mass is 318 g/mol. The fraction of sp³-hybridized carbons (Fsp3) is 0.400. The number of carbonyl (C=O) groups excluding carboxylic acids is 2. The van der Waals surface area contributed by atoms with Crippen LogP contribution in [-0.2, 0) is 22.7 Å². The predicted molar refractivity (Wildman–Crippen MR) is 84.7 cm³/mol. The molecule has 1 aliphatic rings. The van der Waals surface area contributed by atoms with E-state index in [0.29, 0.717) is 25.3 Å². The molecule has 0 radical (unpaired) electrons. The van der Waals surface area contributed by atoms with E-state index < -0.39 is 6.04 Å². The molecular weight excluding hydrogens is 300 g/mol. The standard InChI is InChI=1S/C15H18N4O2S/c1-10-8-13-18(17-10)6-5-14(20)19(13)11(2)15(21)16-9-12-4-3-7-22-12/h3-4,7-8,11H,5-6,9H2,1-2H3,(H,16,21). The van der Waals surface area contributed by atoms with Gasteiger partial charge in [0, 0.05) is 17.4 Å². The lowest BCUT2D eigenvalue weighted by atomic mass is 10.2. The highest BCUT2D eigenvalue weighted by Gasteiger charge is 2.32. The van der Waals surface area contributed by atoms with Gasteiger partial charge in [0.15, 0.2) is 0 Å². The lowest BCUT2D eigenvalue weighted by molar-refractivity contribution is -0.126. The van der Waals surface area contributed by atoms with Crippen LogP contribution in [0.2, 0.25) is 0 Å². The van der Waals surface area contributed by atoms with Crippen molar-refractivity contribution in [2.24, 2.45) is 0 Å². The Labute approximate surface area is 132 Å². The molecule has 2 amide bonds. The van der Waals surface area contributed by atoms with Crippen LogP contribution in [0.3, 0.4) is 0 Å². The van der Waals surface area contributed by atoms with Gasteiger partial charge in [-0.15, -0.1) is 11.3 Å². The fourth-order valence-electron chi connectivity index (χ4n) is 2.61. The van der Waals surface area contributed by atoms with E-state index in [4.69, 9.17) is 0 Å². The first-order valence-electron chi connectivity index (χ1n) is 7.23. The summed E-state index contributed by atoms with van der Waals surface area (Å²) in [5, 5.41) is 9.22. The number of rotatable bonds is 4. The van der Waals surface area contributed by atoms with Crippen molar-refractivity contribution in [2.45, 2.75) is 39.4 Å². The molecule has 0 saturated heterocycles.